The van der Waals surface area contributed by atoms with Crippen molar-refractivity contribution in [2.24, 2.45) is 0 Å². The summed E-state index contributed by atoms with van der Waals surface area (Å²) in [6, 6.07) is 20.8. The first kappa shape index (κ1) is 24.6. The van der Waals surface area contributed by atoms with E-state index in [9.17, 15) is 14.4 Å². The van der Waals surface area contributed by atoms with Crippen molar-refractivity contribution in [3.63, 3.8) is 0 Å². The number of imide groups is 1. The fourth-order valence-electron chi connectivity index (χ4n) is 3.46. The van der Waals surface area contributed by atoms with Gasteiger partial charge in [-0.3, -0.25) is 9.59 Å². The number of carbonyl (C=O) groups excluding carboxylic acids is 3. The highest BCUT2D eigenvalue weighted by Crippen LogP contribution is 2.38. The zero-order chi connectivity index (χ0) is 24.9. The molecule has 0 unspecified atom stereocenters. The van der Waals surface area contributed by atoms with E-state index in [1.165, 1.54) is 11.8 Å². The number of nitrogens with zero attached hydrogens (tertiary/aromatic N) is 1. The third-order valence-electron chi connectivity index (χ3n) is 5.16. The maximum atomic E-state index is 13.5. The average Bonchev–Trinajstić information content (AvgIpc) is 3.08. The summed E-state index contributed by atoms with van der Waals surface area (Å²) in [4.78, 5) is 41.2. The van der Waals surface area contributed by atoms with Gasteiger partial charge in [0.1, 0.15) is 10.6 Å². The summed E-state index contributed by atoms with van der Waals surface area (Å²) in [7, 11) is 0. The highest BCUT2D eigenvalue weighted by Gasteiger charge is 2.40. The van der Waals surface area contributed by atoms with Crippen LogP contribution in [-0.2, 0) is 14.3 Å². The Labute approximate surface area is 212 Å². The van der Waals surface area contributed by atoms with Gasteiger partial charge in [-0.25, -0.2) is 9.69 Å². The fourth-order valence-corrected chi connectivity index (χ4v) is 4.51. The lowest BCUT2D eigenvalue weighted by Crippen LogP contribution is -2.32. The van der Waals surface area contributed by atoms with Crippen molar-refractivity contribution >= 4 is 52.5 Å². The molecule has 6 nitrogen and oxygen atoms in total. The lowest BCUT2D eigenvalue weighted by Gasteiger charge is -2.16. The summed E-state index contributed by atoms with van der Waals surface area (Å²) in [5.41, 5.74) is 2.62. The summed E-state index contributed by atoms with van der Waals surface area (Å²) >= 11 is 7.19. The van der Waals surface area contributed by atoms with Gasteiger partial charge in [-0.15, -0.1) is 0 Å². The number of hydrogen-bond acceptors (Lipinski definition) is 6. The second-order valence-corrected chi connectivity index (χ2v) is 9.40. The van der Waals surface area contributed by atoms with Crippen LogP contribution in [0.2, 0.25) is 5.02 Å². The summed E-state index contributed by atoms with van der Waals surface area (Å²) < 4.78 is 5.15. The van der Waals surface area contributed by atoms with Gasteiger partial charge in [-0.1, -0.05) is 42.4 Å². The van der Waals surface area contributed by atoms with Crippen LogP contribution in [0.3, 0.4) is 0 Å². The number of anilines is 2. The van der Waals surface area contributed by atoms with Crippen LogP contribution in [0.25, 0.3) is 0 Å². The van der Waals surface area contributed by atoms with Gasteiger partial charge in [0.05, 0.1) is 17.9 Å². The van der Waals surface area contributed by atoms with Crippen LogP contribution in [0.1, 0.15) is 29.3 Å². The van der Waals surface area contributed by atoms with E-state index in [-0.39, 0.29) is 10.6 Å². The average molecular weight is 507 g/mol. The number of benzene rings is 3. The van der Waals surface area contributed by atoms with Crippen molar-refractivity contribution < 1.29 is 19.1 Å². The van der Waals surface area contributed by atoms with Crippen molar-refractivity contribution in [2.75, 3.05) is 16.8 Å². The molecule has 1 aliphatic heterocycles. The molecule has 178 valence electrons. The largest absolute Gasteiger partial charge is 0.462 e. The Morgan fingerprint density at radius 1 is 1.00 bits per heavy atom. The highest BCUT2D eigenvalue weighted by molar-refractivity contribution is 8.04. The van der Waals surface area contributed by atoms with Crippen LogP contribution in [0.4, 0.5) is 11.4 Å². The van der Waals surface area contributed by atoms with E-state index in [0.717, 1.165) is 21.8 Å². The molecule has 3 aromatic carbocycles. The highest BCUT2D eigenvalue weighted by atomic mass is 35.5. The number of amides is 2. The number of nitrogens with one attached hydrogen (secondary N) is 1. The number of carbonyl (C=O) groups is 3. The topological polar surface area (TPSA) is 75.7 Å². The minimum Gasteiger partial charge on any atom is -0.462 e. The maximum absolute atomic E-state index is 13.5. The fraction of sp³-hybridized carbons (Fsp3) is 0.148. The molecule has 1 heterocycles. The third kappa shape index (κ3) is 5.58. The molecular formula is C27H23ClN2O4S. The van der Waals surface area contributed by atoms with Crippen molar-refractivity contribution in [2.45, 2.75) is 25.2 Å². The molecule has 0 saturated heterocycles. The third-order valence-corrected chi connectivity index (χ3v) is 6.50. The van der Waals surface area contributed by atoms with Crippen LogP contribution < -0.4 is 10.2 Å². The maximum Gasteiger partial charge on any atom is 0.338 e. The Morgan fingerprint density at radius 3 is 2.37 bits per heavy atom. The molecule has 35 heavy (non-hydrogen) atoms. The lowest BCUT2D eigenvalue weighted by molar-refractivity contribution is -0.120. The number of hydrogen-bond donors (Lipinski definition) is 1. The first-order valence-electron chi connectivity index (χ1n) is 11.0. The minimum absolute atomic E-state index is 0.187. The van der Waals surface area contributed by atoms with Crippen molar-refractivity contribution in [1.29, 1.82) is 0 Å². The van der Waals surface area contributed by atoms with E-state index in [4.69, 9.17) is 16.3 Å². The molecule has 1 aliphatic rings. The van der Waals surface area contributed by atoms with E-state index in [1.54, 1.807) is 48.5 Å². The number of thioether (sulfide) groups is 1. The van der Waals surface area contributed by atoms with Crippen LogP contribution in [0.15, 0.2) is 88.3 Å². The number of esters is 1. The predicted octanol–water partition coefficient (Wildman–Crippen LogP) is 6.20. The van der Waals surface area contributed by atoms with Gasteiger partial charge in [-0.2, -0.15) is 0 Å². The summed E-state index contributed by atoms with van der Waals surface area (Å²) in [5, 5.41) is 3.72. The van der Waals surface area contributed by atoms with Gasteiger partial charge in [-0.05, 0) is 79.6 Å². The summed E-state index contributed by atoms with van der Waals surface area (Å²) in [6.07, 6.45) is 0.719. The van der Waals surface area contributed by atoms with Gasteiger partial charge in [0.25, 0.3) is 11.8 Å². The molecule has 0 fully saturated rings. The normalized spacial score (nSPS) is 13.4. The lowest BCUT2D eigenvalue weighted by atomic mass is 10.2. The van der Waals surface area contributed by atoms with E-state index in [2.05, 4.69) is 5.32 Å². The summed E-state index contributed by atoms with van der Waals surface area (Å²) in [6.45, 7) is 4.19. The molecule has 0 atom stereocenters. The summed E-state index contributed by atoms with van der Waals surface area (Å²) in [5.74, 6) is -1.38. The molecular weight excluding hydrogens is 484 g/mol. The van der Waals surface area contributed by atoms with E-state index >= 15 is 0 Å². The number of aryl methyl sites for hydroxylation is 1. The standard InChI is InChI=1S/C27H23ClN2O4S/c1-3-15-34-27(33)18-7-11-21(12-8-18)30-25(31)23(29-20-6-4-5-17(2)16-20)24(26(30)32)35-22-13-9-19(28)10-14-22/h4-14,16,29H,3,15H2,1-2H3. The molecule has 0 saturated carbocycles. The first-order chi connectivity index (χ1) is 16.9. The minimum atomic E-state index is -0.478. The van der Waals surface area contributed by atoms with Crippen molar-refractivity contribution in [3.05, 3.63) is 99.5 Å². The Morgan fingerprint density at radius 2 is 1.71 bits per heavy atom. The van der Waals surface area contributed by atoms with Gasteiger partial charge in [0.2, 0.25) is 0 Å². The Bertz CT molecular complexity index is 1300. The molecule has 2 amide bonds. The molecule has 4 rings (SSSR count). The zero-order valence-electron chi connectivity index (χ0n) is 19.2. The second kappa shape index (κ2) is 10.8. The molecule has 8 heteroatoms. The predicted molar refractivity (Wildman–Crippen MR) is 139 cm³/mol. The van der Waals surface area contributed by atoms with E-state index < -0.39 is 17.8 Å². The molecule has 1 N–H and O–H groups in total. The van der Waals surface area contributed by atoms with Crippen molar-refractivity contribution in [1.82, 2.24) is 0 Å². The monoisotopic (exact) mass is 506 g/mol. The van der Waals surface area contributed by atoms with Crippen LogP contribution in [0.5, 0.6) is 0 Å². The van der Waals surface area contributed by atoms with Gasteiger partial charge in [0, 0.05) is 15.6 Å². The smallest absolute Gasteiger partial charge is 0.338 e. The second-order valence-electron chi connectivity index (χ2n) is 7.88. The quantitative estimate of drug-likeness (QED) is 0.289. The molecule has 0 radical (unpaired) electrons. The molecule has 3 aromatic rings. The molecule has 0 aliphatic carbocycles. The number of rotatable bonds is 8. The molecule has 0 aromatic heterocycles. The van der Waals surface area contributed by atoms with Gasteiger partial charge < -0.3 is 10.1 Å². The molecule has 0 spiro atoms. The van der Waals surface area contributed by atoms with Gasteiger partial charge >= 0.3 is 5.97 Å². The van der Waals surface area contributed by atoms with Crippen LogP contribution in [0, 0.1) is 6.92 Å². The first-order valence-corrected chi connectivity index (χ1v) is 12.2. The SMILES string of the molecule is CCCOC(=O)c1ccc(N2C(=O)C(Nc3cccc(C)c3)=C(Sc3ccc(Cl)cc3)C2=O)cc1. The van der Waals surface area contributed by atoms with Crippen molar-refractivity contribution in [3.8, 4) is 0 Å². The number of ether oxygens (including phenoxy) is 1. The Balaban J connectivity index is 1.66. The van der Waals surface area contributed by atoms with Crippen LogP contribution >= 0.6 is 23.4 Å². The van der Waals surface area contributed by atoms with Crippen LogP contribution in [-0.4, -0.2) is 24.4 Å². The number of halogens is 1. The van der Waals surface area contributed by atoms with E-state index in [1.807, 2.05) is 38.1 Å². The Hall–Kier alpha value is -3.55. The zero-order valence-corrected chi connectivity index (χ0v) is 20.8. The Kier molecular flexibility index (Phi) is 7.58. The van der Waals surface area contributed by atoms with E-state index in [0.29, 0.717) is 28.6 Å². The van der Waals surface area contributed by atoms with Gasteiger partial charge in [0.15, 0.2) is 0 Å². The molecule has 0 bridgehead atoms.